The monoisotopic (exact) mass is 262 g/mol. The number of nitrogens with zero attached hydrogens (tertiary/aromatic N) is 1. The van der Waals surface area contributed by atoms with E-state index in [2.05, 4.69) is 11.1 Å². The van der Waals surface area contributed by atoms with Crippen molar-refractivity contribution in [2.75, 3.05) is 0 Å². The Morgan fingerprint density at radius 3 is 2.94 bits per heavy atom. The fourth-order valence-corrected chi connectivity index (χ4v) is 3.60. The van der Waals surface area contributed by atoms with Crippen LogP contribution in [0.2, 0.25) is 0 Å². The van der Waals surface area contributed by atoms with Crippen molar-refractivity contribution in [1.82, 2.24) is 4.98 Å². The molecule has 96 valence electrons. The van der Waals surface area contributed by atoms with Crippen LogP contribution < -0.4 is 5.73 Å². The summed E-state index contributed by atoms with van der Waals surface area (Å²) in [5.74, 6) is 1.48. The average Bonchev–Trinajstić information content (AvgIpc) is 2.92. The van der Waals surface area contributed by atoms with Gasteiger partial charge in [-0.3, -0.25) is 0 Å². The number of oxazole rings is 1. The van der Waals surface area contributed by atoms with Gasteiger partial charge in [0.1, 0.15) is 0 Å². The normalized spacial score (nSPS) is 17.2. The van der Waals surface area contributed by atoms with E-state index in [0.717, 1.165) is 5.76 Å². The number of aryl methyl sites for hydroxylation is 2. The minimum Gasteiger partial charge on any atom is -0.438 e. The van der Waals surface area contributed by atoms with Crippen LogP contribution in [0, 0.1) is 0 Å². The van der Waals surface area contributed by atoms with Gasteiger partial charge in [0.25, 0.3) is 0 Å². The van der Waals surface area contributed by atoms with Gasteiger partial charge in [0, 0.05) is 4.88 Å². The molecule has 0 radical (unpaired) electrons. The maximum Gasteiger partial charge on any atom is 0.211 e. The molecule has 2 heterocycles. The number of hydrogen-bond acceptors (Lipinski definition) is 4. The molecule has 2 aromatic rings. The molecule has 0 bridgehead atoms. The number of aromatic nitrogens is 1. The van der Waals surface area contributed by atoms with Gasteiger partial charge in [0.05, 0.1) is 17.1 Å². The molecule has 0 fully saturated rings. The first kappa shape index (κ1) is 11.9. The lowest BCUT2D eigenvalue weighted by molar-refractivity contribution is 0.474. The third kappa shape index (κ3) is 2.22. The zero-order valence-electron chi connectivity index (χ0n) is 10.6. The molecule has 3 rings (SSSR count). The van der Waals surface area contributed by atoms with Crippen molar-refractivity contribution in [2.45, 2.75) is 45.1 Å². The van der Waals surface area contributed by atoms with E-state index in [0.29, 0.717) is 5.89 Å². The second-order valence-electron chi connectivity index (χ2n) is 4.97. The molecule has 0 aromatic carbocycles. The van der Waals surface area contributed by atoms with Crippen LogP contribution in [0.4, 0.5) is 0 Å². The third-order valence-corrected chi connectivity index (χ3v) is 4.65. The summed E-state index contributed by atoms with van der Waals surface area (Å²) in [6, 6.07) is 2.13. The zero-order valence-corrected chi connectivity index (χ0v) is 11.4. The summed E-state index contributed by atoms with van der Waals surface area (Å²) in [7, 11) is 0. The predicted octanol–water partition coefficient (Wildman–Crippen LogP) is 3.69. The fraction of sp³-hybridized carbons (Fsp3) is 0.500. The van der Waals surface area contributed by atoms with E-state index < -0.39 is 0 Å². The lowest BCUT2D eigenvalue weighted by Gasteiger charge is -1.96. The van der Waals surface area contributed by atoms with Crippen molar-refractivity contribution in [3.8, 4) is 10.6 Å². The summed E-state index contributed by atoms with van der Waals surface area (Å²) in [6.07, 6.45) is 8.20. The summed E-state index contributed by atoms with van der Waals surface area (Å²) in [6.45, 7) is 1.89. The van der Waals surface area contributed by atoms with Crippen LogP contribution >= 0.6 is 11.3 Å². The molecular formula is C14H18N2OS. The highest BCUT2D eigenvalue weighted by molar-refractivity contribution is 7.15. The van der Waals surface area contributed by atoms with E-state index in [1.165, 1.54) is 47.4 Å². The zero-order chi connectivity index (χ0) is 12.5. The van der Waals surface area contributed by atoms with Crippen molar-refractivity contribution in [3.63, 3.8) is 0 Å². The molecular weight excluding hydrogens is 244 g/mol. The van der Waals surface area contributed by atoms with Gasteiger partial charge in [-0.15, -0.1) is 11.3 Å². The number of hydrogen-bond donors (Lipinski definition) is 1. The average molecular weight is 262 g/mol. The van der Waals surface area contributed by atoms with Gasteiger partial charge in [-0.05, 0) is 44.2 Å². The van der Waals surface area contributed by atoms with Gasteiger partial charge in [0.2, 0.25) is 5.89 Å². The lowest BCUT2D eigenvalue weighted by atomic mass is 10.1. The van der Waals surface area contributed by atoms with Crippen LogP contribution in [0.15, 0.2) is 16.7 Å². The molecule has 2 N–H and O–H groups in total. The molecule has 1 aliphatic rings. The Kier molecular flexibility index (Phi) is 3.22. The SMILES string of the molecule is CC(N)c1ncc(-c2cc3c(s2)CCCCC3)o1. The second kappa shape index (κ2) is 4.86. The molecule has 1 atom stereocenters. The van der Waals surface area contributed by atoms with Crippen molar-refractivity contribution in [2.24, 2.45) is 5.73 Å². The first-order chi connectivity index (χ1) is 8.74. The van der Waals surface area contributed by atoms with Crippen molar-refractivity contribution < 1.29 is 4.42 Å². The summed E-state index contributed by atoms with van der Waals surface area (Å²) in [4.78, 5) is 6.96. The molecule has 1 aliphatic carbocycles. The number of rotatable bonds is 2. The first-order valence-corrected chi connectivity index (χ1v) is 7.39. The molecule has 0 saturated heterocycles. The molecule has 1 unspecified atom stereocenters. The molecule has 18 heavy (non-hydrogen) atoms. The number of thiophene rings is 1. The van der Waals surface area contributed by atoms with Crippen LogP contribution in [0.1, 0.15) is 48.6 Å². The molecule has 0 saturated carbocycles. The molecule has 0 spiro atoms. The van der Waals surface area contributed by atoms with Crippen molar-refractivity contribution in [1.29, 1.82) is 0 Å². The van der Waals surface area contributed by atoms with Crippen LogP contribution in [0.3, 0.4) is 0 Å². The Labute approximate surface area is 111 Å². The largest absolute Gasteiger partial charge is 0.438 e. The summed E-state index contributed by atoms with van der Waals surface area (Å²) < 4.78 is 5.71. The molecule has 2 aromatic heterocycles. The number of fused-ring (bicyclic) bond motifs is 1. The number of nitrogens with two attached hydrogens (primary N) is 1. The van der Waals surface area contributed by atoms with Crippen molar-refractivity contribution in [3.05, 3.63) is 28.6 Å². The highest BCUT2D eigenvalue weighted by Crippen LogP contribution is 2.35. The van der Waals surface area contributed by atoms with Gasteiger partial charge in [0.15, 0.2) is 5.76 Å². The first-order valence-electron chi connectivity index (χ1n) is 6.57. The van der Waals surface area contributed by atoms with Crippen LogP contribution in [0.5, 0.6) is 0 Å². The minimum atomic E-state index is -0.142. The summed E-state index contributed by atoms with van der Waals surface area (Å²) in [5, 5.41) is 0. The highest BCUT2D eigenvalue weighted by atomic mass is 32.1. The van der Waals surface area contributed by atoms with Gasteiger partial charge in [-0.1, -0.05) is 6.42 Å². The van der Waals surface area contributed by atoms with E-state index in [1.54, 1.807) is 6.20 Å². The lowest BCUT2D eigenvalue weighted by Crippen LogP contribution is -2.04. The Balaban J connectivity index is 1.92. The fourth-order valence-electron chi connectivity index (χ4n) is 2.40. The Bertz CT molecular complexity index is 518. The maximum absolute atomic E-state index is 5.77. The Hall–Kier alpha value is -1.13. The van der Waals surface area contributed by atoms with Gasteiger partial charge in [-0.25, -0.2) is 4.98 Å². The van der Waals surface area contributed by atoms with Crippen LogP contribution in [-0.4, -0.2) is 4.98 Å². The van der Waals surface area contributed by atoms with Crippen LogP contribution in [0.25, 0.3) is 10.6 Å². The Morgan fingerprint density at radius 2 is 2.17 bits per heavy atom. The standard InChI is InChI=1S/C14H18N2OS/c1-9(15)14-16-8-11(17-14)13-7-10-5-3-2-4-6-12(10)18-13/h7-9H,2-6,15H2,1H3. The van der Waals surface area contributed by atoms with E-state index >= 15 is 0 Å². The molecule has 3 nitrogen and oxygen atoms in total. The quantitative estimate of drug-likeness (QED) is 0.840. The van der Waals surface area contributed by atoms with Gasteiger partial charge >= 0.3 is 0 Å². The summed E-state index contributed by atoms with van der Waals surface area (Å²) in [5.41, 5.74) is 7.28. The second-order valence-corrected chi connectivity index (χ2v) is 6.11. The van der Waals surface area contributed by atoms with Gasteiger partial charge in [-0.2, -0.15) is 0 Å². The van der Waals surface area contributed by atoms with E-state index in [4.69, 9.17) is 10.2 Å². The summed E-state index contributed by atoms with van der Waals surface area (Å²) >= 11 is 1.85. The molecule has 0 aliphatic heterocycles. The topological polar surface area (TPSA) is 52.0 Å². The van der Waals surface area contributed by atoms with E-state index in [1.807, 2.05) is 18.3 Å². The predicted molar refractivity (Wildman–Crippen MR) is 73.7 cm³/mol. The minimum absolute atomic E-state index is 0.142. The van der Waals surface area contributed by atoms with Crippen molar-refractivity contribution >= 4 is 11.3 Å². The van der Waals surface area contributed by atoms with E-state index in [-0.39, 0.29) is 6.04 Å². The molecule has 0 amide bonds. The van der Waals surface area contributed by atoms with Crippen LogP contribution in [-0.2, 0) is 12.8 Å². The highest BCUT2D eigenvalue weighted by Gasteiger charge is 2.16. The maximum atomic E-state index is 5.77. The van der Waals surface area contributed by atoms with Gasteiger partial charge < -0.3 is 10.2 Å². The van der Waals surface area contributed by atoms with E-state index in [9.17, 15) is 0 Å². The third-order valence-electron chi connectivity index (χ3n) is 3.40. The Morgan fingerprint density at radius 1 is 1.33 bits per heavy atom. The smallest absolute Gasteiger partial charge is 0.211 e. The molecule has 4 heteroatoms.